The Labute approximate surface area is 107 Å². The minimum atomic E-state index is 0.0137. The van der Waals surface area contributed by atoms with E-state index in [2.05, 4.69) is 4.90 Å². The van der Waals surface area contributed by atoms with Crippen LogP contribution in [-0.4, -0.2) is 25.7 Å². The predicted molar refractivity (Wildman–Crippen MR) is 72.0 cm³/mol. The highest BCUT2D eigenvalue weighted by atomic mass is 35.5. The van der Waals surface area contributed by atoms with Crippen LogP contribution in [0.25, 0.3) is 0 Å². The summed E-state index contributed by atoms with van der Waals surface area (Å²) in [6, 6.07) is 5.86. The van der Waals surface area contributed by atoms with Crippen molar-refractivity contribution in [2.75, 3.05) is 25.1 Å². The first-order valence-electron chi connectivity index (χ1n) is 5.96. The molecule has 2 rings (SSSR count). The van der Waals surface area contributed by atoms with E-state index in [4.69, 9.17) is 22.1 Å². The molecule has 1 aromatic rings. The molecule has 0 amide bonds. The van der Waals surface area contributed by atoms with Crippen LogP contribution in [0.1, 0.15) is 19.8 Å². The van der Waals surface area contributed by atoms with E-state index in [1.165, 1.54) is 0 Å². The van der Waals surface area contributed by atoms with Crippen LogP contribution in [0.2, 0.25) is 5.02 Å². The summed E-state index contributed by atoms with van der Waals surface area (Å²) < 4.78 is 5.41. The Morgan fingerprint density at radius 3 is 2.71 bits per heavy atom. The smallest absolute Gasteiger partial charge is 0.138 e. The minimum absolute atomic E-state index is 0.0137. The van der Waals surface area contributed by atoms with E-state index >= 15 is 0 Å². The highest BCUT2D eigenvalue weighted by Crippen LogP contribution is 2.35. The minimum Gasteiger partial charge on any atom is -0.492 e. The van der Waals surface area contributed by atoms with Gasteiger partial charge in [0.1, 0.15) is 5.75 Å². The third-order valence-electron chi connectivity index (χ3n) is 3.10. The summed E-state index contributed by atoms with van der Waals surface area (Å²) in [5.41, 5.74) is 7.19. The topological polar surface area (TPSA) is 38.5 Å². The van der Waals surface area contributed by atoms with E-state index in [1.807, 2.05) is 32.2 Å². The van der Waals surface area contributed by atoms with Gasteiger partial charge in [-0.15, -0.1) is 0 Å². The summed E-state index contributed by atoms with van der Waals surface area (Å²) in [4.78, 5) is 2.15. The third kappa shape index (κ3) is 3.05. The first kappa shape index (κ1) is 12.5. The molecular formula is C13H19ClN2O. The molecule has 0 unspecified atom stereocenters. The quantitative estimate of drug-likeness (QED) is 0.878. The molecule has 1 fully saturated rings. The van der Waals surface area contributed by atoms with Crippen LogP contribution < -0.4 is 15.4 Å². The van der Waals surface area contributed by atoms with Crippen molar-refractivity contribution in [2.45, 2.75) is 25.3 Å². The van der Waals surface area contributed by atoms with Gasteiger partial charge in [-0.1, -0.05) is 11.6 Å². The number of likely N-dealkylation sites (N-methyl/N-ethyl adjacent to an activating group) is 1. The molecule has 1 aromatic carbocycles. The molecule has 4 heteroatoms. The lowest BCUT2D eigenvalue weighted by atomic mass is 10.2. The van der Waals surface area contributed by atoms with Crippen LogP contribution in [0.5, 0.6) is 5.75 Å². The Kier molecular flexibility index (Phi) is 3.50. The van der Waals surface area contributed by atoms with E-state index in [-0.39, 0.29) is 5.54 Å². The molecule has 0 radical (unpaired) electrons. The standard InChI is InChI=1S/C13H19ClN2O/c1-3-17-12-5-4-10(8-11(12)14)16(2)9-13(15)6-7-13/h4-5,8H,3,6-7,9,15H2,1-2H3. The van der Waals surface area contributed by atoms with Gasteiger partial charge in [-0.3, -0.25) is 0 Å². The van der Waals surface area contributed by atoms with Crippen molar-refractivity contribution in [3.63, 3.8) is 0 Å². The number of halogens is 1. The molecule has 0 aromatic heterocycles. The van der Waals surface area contributed by atoms with Crippen LogP contribution in [0.15, 0.2) is 18.2 Å². The molecule has 0 spiro atoms. The number of benzene rings is 1. The summed E-state index contributed by atoms with van der Waals surface area (Å²) in [7, 11) is 2.04. The van der Waals surface area contributed by atoms with Gasteiger partial charge in [-0.25, -0.2) is 0 Å². The number of hydrogen-bond acceptors (Lipinski definition) is 3. The average Bonchev–Trinajstić information content (AvgIpc) is 2.99. The lowest BCUT2D eigenvalue weighted by Crippen LogP contribution is -2.37. The van der Waals surface area contributed by atoms with Crippen molar-refractivity contribution in [3.05, 3.63) is 23.2 Å². The highest BCUT2D eigenvalue weighted by molar-refractivity contribution is 6.32. The second kappa shape index (κ2) is 4.75. The predicted octanol–water partition coefficient (Wildman–Crippen LogP) is 2.67. The number of nitrogens with two attached hydrogens (primary N) is 1. The van der Waals surface area contributed by atoms with Gasteiger partial charge in [0.2, 0.25) is 0 Å². The van der Waals surface area contributed by atoms with Crippen LogP contribution in [0, 0.1) is 0 Å². The Morgan fingerprint density at radius 1 is 1.47 bits per heavy atom. The van der Waals surface area contributed by atoms with Gasteiger partial charge in [-0.2, -0.15) is 0 Å². The SMILES string of the molecule is CCOc1ccc(N(C)CC2(N)CC2)cc1Cl. The lowest BCUT2D eigenvalue weighted by Gasteiger charge is -2.23. The maximum absolute atomic E-state index is 6.16. The molecule has 1 saturated carbocycles. The molecule has 3 nitrogen and oxygen atoms in total. The Hall–Kier alpha value is -0.930. The Balaban J connectivity index is 2.07. The summed E-state index contributed by atoms with van der Waals surface area (Å²) in [6.45, 7) is 3.44. The molecule has 0 bridgehead atoms. The molecule has 2 N–H and O–H groups in total. The fraction of sp³-hybridized carbons (Fsp3) is 0.538. The van der Waals surface area contributed by atoms with Crippen LogP contribution >= 0.6 is 11.6 Å². The van der Waals surface area contributed by atoms with Gasteiger partial charge in [-0.05, 0) is 38.0 Å². The molecule has 0 atom stereocenters. The first-order valence-corrected chi connectivity index (χ1v) is 6.34. The Bertz CT molecular complexity index is 404. The van der Waals surface area contributed by atoms with Crippen molar-refractivity contribution in [2.24, 2.45) is 5.73 Å². The van der Waals surface area contributed by atoms with Crippen molar-refractivity contribution >= 4 is 17.3 Å². The van der Waals surface area contributed by atoms with Crippen molar-refractivity contribution < 1.29 is 4.74 Å². The van der Waals surface area contributed by atoms with E-state index in [1.54, 1.807) is 0 Å². The van der Waals surface area contributed by atoms with Gasteiger partial charge in [0.05, 0.1) is 11.6 Å². The molecule has 0 heterocycles. The number of rotatable bonds is 5. The monoisotopic (exact) mass is 254 g/mol. The Morgan fingerprint density at radius 2 is 2.18 bits per heavy atom. The summed E-state index contributed by atoms with van der Waals surface area (Å²) in [5, 5.41) is 0.651. The highest BCUT2D eigenvalue weighted by Gasteiger charge is 2.39. The zero-order valence-corrected chi connectivity index (χ0v) is 11.1. The van der Waals surface area contributed by atoms with Crippen molar-refractivity contribution in [1.29, 1.82) is 0 Å². The van der Waals surface area contributed by atoms with Crippen LogP contribution in [-0.2, 0) is 0 Å². The van der Waals surface area contributed by atoms with E-state index < -0.39 is 0 Å². The molecule has 94 valence electrons. The molecule has 1 aliphatic carbocycles. The average molecular weight is 255 g/mol. The zero-order valence-electron chi connectivity index (χ0n) is 10.4. The summed E-state index contributed by atoms with van der Waals surface area (Å²) in [5.74, 6) is 0.736. The van der Waals surface area contributed by atoms with Crippen molar-refractivity contribution in [3.8, 4) is 5.75 Å². The van der Waals surface area contributed by atoms with E-state index in [9.17, 15) is 0 Å². The van der Waals surface area contributed by atoms with Gasteiger partial charge < -0.3 is 15.4 Å². The third-order valence-corrected chi connectivity index (χ3v) is 3.40. The van der Waals surface area contributed by atoms with E-state index in [0.29, 0.717) is 11.6 Å². The number of hydrogen-bond donors (Lipinski definition) is 1. The normalized spacial score (nSPS) is 16.7. The maximum Gasteiger partial charge on any atom is 0.138 e. The number of anilines is 1. The fourth-order valence-electron chi connectivity index (χ4n) is 1.88. The van der Waals surface area contributed by atoms with Crippen molar-refractivity contribution in [1.82, 2.24) is 0 Å². The van der Waals surface area contributed by atoms with Gasteiger partial charge in [0, 0.05) is 24.8 Å². The van der Waals surface area contributed by atoms with Crippen LogP contribution in [0.4, 0.5) is 5.69 Å². The lowest BCUT2D eigenvalue weighted by molar-refractivity contribution is 0.340. The largest absolute Gasteiger partial charge is 0.492 e. The summed E-state index contributed by atoms with van der Waals surface area (Å²) >= 11 is 6.16. The second-order valence-electron chi connectivity index (χ2n) is 4.77. The van der Waals surface area contributed by atoms with Crippen LogP contribution in [0.3, 0.4) is 0 Å². The fourth-order valence-corrected chi connectivity index (χ4v) is 2.11. The zero-order chi connectivity index (χ0) is 12.5. The number of nitrogens with zero attached hydrogens (tertiary/aromatic N) is 1. The van der Waals surface area contributed by atoms with E-state index in [0.717, 1.165) is 30.8 Å². The van der Waals surface area contributed by atoms with Gasteiger partial charge in [0.25, 0.3) is 0 Å². The first-order chi connectivity index (χ1) is 8.04. The second-order valence-corrected chi connectivity index (χ2v) is 5.17. The maximum atomic E-state index is 6.16. The summed E-state index contributed by atoms with van der Waals surface area (Å²) in [6.07, 6.45) is 2.23. The molecule has 0 aliphatic heterocycles. The molecular weight excluding hydrogens is 236 g/mol. The molecule has 1 aliphatic rings. The molecule has 17 heavy (non-hydrogen) atoms. The number of ether oxygens (including phenoxy) is 1. The molecule has 0 saturated heterocycles. The van der Waals surface area contributed by atoms with Gasteiger partial charge >= 0.3 is 0 Å². The van der Waals surface area contributed by atoms with Gasteiger partial charge in [0.15, 0.2) is 0 Å².